The van der Waals surface area contributed by atoms with Gasteiger partial charge >= 0.3 is 5.97 Å². The molecule has 4 aromatic rings. The first-order valence-electron chi connectivity index (χ1n) is 10.6. The van der Waals surface area contributed by atoms with E-state index in [1.165, 1.54) is 6.07 Å². The summed E-state index contributed by atoms with van der Waals surface area (Å²) in [5.41, 5.74) is 2.60. The summed E-state index contributed by atoms with van der Waals surface area (Å²) in [6.07, 6.45) is 0. The number of hydrogen-bond donors (Lipinski definition) is 1. The lowest BCUT2D eigenvalue weighted by atomic mass is 10.0. The molecule has 0 atom stereocenters. The number of esters is 1. The van der Waals surface area contributed by atoms with Gasteiger partial charge in [0, 0.05) is 23.4 Å². The molecule has 168 valence electrons. The smallest absolute Gasteiger partial charge is 0.338 e. The van der Waals surface area contributed by atoms with Crippen LogP contribution in [0.25, 0.3) is 10.8 Å². The van der Waals surface area contributed by atoms with Crippen LogP contribution in [0, 0.1) is 5.82 Å². The Kier molecular flexibility index (Phi) is 7.10. The van der Waals surface area contributed by atoms with Crippen molar-refractivity contribution in [1.29, 1.82) is 0 Å². The van der Waals surface area contributed by atoms with Crippen molar-refractivity contribution in [3.63, 3.8) is 0 Å². The zero-order chi connectivity index (χ0) is 23.2. The third-order valence-electron chi connectivity index (χ3n) is 5.30. The third kappa shape index (κ3) is 5.26. The SMILES string of the molecule is CCOC(=O)c1ccc(NCc2c(OCc3c(F)cccc3Cl)ccc3ccccc23)cc1. The first-order valence-corrected chi connectivity index (χ1v) is 11.0. The zero-order valence-electron chi connectivity index (χ0n) is 18.1. The topological polar surface area (TPSA) is 47.6 Å². The van der Waals surface area contributed by atoms with Gasteiger partial charge in [-0.25, -0.2) is 9.18 Å². The molecule has 0 radical (unpaired) electrons. The largest absolute Gasteiger partial charge is 0.488 e. The van der Waals surface area contributed by atoms with Crippen LogP contribution in [0.2, 0.25) is 5.02 Å². The molecule has 4 rings (SSSR count). The Hall–Kier alpha value is -3.57. The van der Waals surface area contributed by atoms with Crippen molar-refractivity contribution >= 4 is 34.0 Å². The predicted octanol–water partition coefficient (Wildman–Crippen LogP) is 7.00. The Morgan fingerprint density at radius 2 is 1.73 bits per heavy atom. The number of benzene rings is 4. The monoisotopic (exact) mass is 463 g/mol. The van der Waals surface area contributed by atoms with Crippen LogP contribution in [0.3, 0.4) is 0 Å². The van der Waals surface area contributed by atoms with Gasteiger partial charge in [0.25, 0.3) is 0 Å². The van der Waals surface area contributed by atoms with Crippen molar-refractivity contribution in [1.82, 2.24) is 0 Å². The minimum absolute atomic E-state index is 0.0189. The van der Waals surface area contributed by atoms with Crippen LogP contribution in [-0.2, 0) is 17.9 Å². The van der Waals surface area contributed by atoms with Crippen molar-refractivity contribution < 1.29 is 18.7 Å². The fraction of sp³-hybridized carbons (Fsp3) is 0.148. The first kappa shape index (κ1) is 22.6. The second kappa shape index (κ2) is 10.4. The highest BCUT2D eigenvalue weighted by molar-refractivity contribution is 6.31. The molecule has 0 fully saturated rings. The predicted molar refractivity (Wildman–Crippen MR) is 129 cm³/mol. The maximum absolute atomic E-state index is 14.2. The Labute approximate surface area is 196 Å². The molecule has 4 nitrogen and oxygen atoms in total. The fourth-order valence-electron chi connectivity index (χ4n) is 3.58. The number of carbonyl (C=O) groups excluding carboxylic acids is 1. The summed E-state index contributed by atoms with van der Waals surface area (Å²) < 4.78 is 25.3. The molecule has 0 aromatic heterocycles. The molecule has 0 aliphatic heterocycles. The summed E-state index contributed by atoms with van der Waals surface area (Å²) in [5.74, 6) is -0.103. The van der Waals surface area contributed by atoms with Crippen LogP contribution in [0.1, 0.15) is 28.4 Å². The van der Waals surface area contributed by atoms with Gasteiger partial charge in [-0.1, -0.05) is 48.0 Å². The van der Waals surface area contributed by atoms with Gasteiger partial charge in [0.15, 0.2) is 0 Å². The molecule has 0 aliphatic carbocycles. The summed E-state index contributed by atoms with van der Waals surface area (Å²) in [6.45, 7) is 2.60. The summed E-state index contributed by atoms with van der Waals surface area (Å²) >= 11 is 6.16. The number of hydrogen-bond acceptors (Lipinski definition) is 4. The van der Waals surface area contributed by atoms with E-state index in [4.69, 9.17) is 21.1 Å². The molecular weight excluding hydrogens is 441 g/mol. The van der Waals surface area contributed by atoms with Gasteiger partial charge < -0.3 is 14.8 Å². The Morgan fingerprint density at radius 1 is 0.939 bits per heavy atom. The van der Waals surface area contributed by atoms with Crippen molar-refractivity contribution in [3.8, 4) is 5.75 Å². The van der Waals surface area contributed by atoms with Crippen molar-refractivity contribution in [3.05, 3.63) is 106 Å². The fourth-order valence-corrected chi connectivity index (χ4v) is 3.80. The lowest BCUT2D eigenvalue weighted by molar-refractivity contribution is 0.0526. The summed E-state index contributed by atoms with van der Waals surface area (Å²) in [5, 5.41) is 5.82. The molecule has 0 amide bonds. The van der Waals surface area contributed by atoms with E-state index in [1.807, 2.05) is 48.5 Å². The second-order valence-corrected chi connectivity index (χ2v) is 7.81. The second-order valence-electron chi connectivity index (χ2n) is 7.40. The third-order valence-corrected chi connectivity index (χ3v) is 5.65. The lowest BCUT2D eigenvalue weighted by Gasteiger charge is -2.16. The maximum Gasteiger partial charge on any atom is 0.338 e. The molecule has 6 heteroatoms. The molecule has 0 saturated heterocycles. The quantitative estimate of drug-likeness (QED) is 0.286. The molecule has 4 aromatic carbocycles. The average Bonchev–Trinajstić information content (AvgIpc) is 2.83. The molecule has 0 heterocycles. The Morgan fingerprint density at radius 3 is 2.48 bits per heavy atom. The summed E-state index contributed by atoms with van der Waals surface area (Å²) in [4.78, 5) is 11.9. The lowest BCUT2D eigenvalue weighted by Crippen LogP contribution is -2.07. The van der Waals surface area contributed by atoms with Crippen LogP contribution >= 0.6 is 11.6 Å². The van der Waals surface area contributed by atoms with Crippen molar-refractivity contribution in [2.24, 2.45) is 0 Å². The van der Waals surface area contributed by atoms with E-state index in [9.17, 15) is 9.18 Å². The van der Waals surface area contributed by atoms with Crippen LogP contribution in [0.5, 0.6) is 5.75 Å². The standard InChI is InChI=1S/C27H23ClFNO3/c1-2-32-27(31)19-10-13-20(14-11-19)30-16-22-21-7-4-3-6-18(21)12-15-26(22)33-17-23-24(28)8-5-9-25(23)29/h3-15,30H,2,16-17H2,1H3. The number of rotatable bonds is 8. The van der Waals surface area contributed by atoms with Gasteiger partial charge in [0.1, 0.15) is 18.2 Å². The molecule has 0 unspecified atom stereocenters. The number of ether oxygens (including phenoxy) is 2. The van der Waals surface area contributed by atoms with Crippen LogP contribution in [-0.4, -0.2) is 12.6 Å². The highest BCUT2D eigenvalue weighted by atomic mass is 35.5. The van der Waals surface area contributed by atoms with Gasteiger partial charge in [-0.3, -0.25) is 0 Å². The zero-order valence-corrected chi connectivity index (χ0v) is 18.9. The van der Waals surface area contributed by atoms with Gasteiger partial charge in [-0.15, -0.1) is 0 Å². The van der Waals surface area contributed by atoms with E-state index >= 15 is 0 Å². The molecular formula is C27H23ClFNO3. The molecule has 33 heavy (non-hydrogen) atoms. The molecule has 0 bridgehead atoms. The highest BCUT2D eigenvalue weighted by Crippen LogP contribution is 2.31. The minimum Gasteiger partial charge on any atom is -0.488 e. The Balaban J connectivity index is 1.57. The van der Waals surface area contributed by atoms with Crippen LogP contribution in [0.15, 0.2) is 78.9 Å². The van der Waals surface area contributed by atoms with Gasteiger partial charge in [0.2, 0.25) is 0 Å². The summed E-state index contributed by atoms with van der Waals surface area (Å²) in [6, 6.07) is 23.6. The van der Waals surface area contributed by atoms with E-state index in [0.717, 1.165) is 22.0 Å². The van der Waals surface area contributed by atoms with E-state index in [1.54, 1.807) is 31.2 Å². The number of carbonyl (C=O) groups is 1. The minimum atomic E-state index is -0.398. The average molecular weight is 464 g/mol. The molecule has 0 saturated carbocycles. The van der Waals surface area contributed by atoms with Gasteiger partial charge in [-0.05, 0) is 60.2 Å². The first-order chi connectivity index (χ1) is 16.1. The van der Waals surface area contributed by atoms with E-state index in [2.05, 4.69) is 5.32 Å². The maximum atomic E-state index is 14.2. The normalized spacial score (nSPS) is 10.8. The molecule has 0 aliphatic rings. The number of nitrogens with one attached hydrogen (secondary N) is 1. The van der Waals surface area contributed by atoms with Crippen molar-refractivity contribution in [2.75, 3.05) is 11.9 Å². The van der Waals surface area contributed by atoms with Gasteiger partial charge in [-0.2, -0.15) is 0 Å². The molecule has 1 N–H and O–H groups in total. The summed E-state index contributed by atoms with van der Waals surface area (Å²) in [7, 11) is 0. The number of fused-ring (bicyclic) bond motifs is 1. The van der Waals surface area contributed by atoms with E-state index in [-0.39, 0.29) is 12.6 Å². The highest BCUT2D eigenvalue weighted by Gasteiger charge is 2.13. The Bertz CT molecular complexity index is 1250. The van der Waals surface area contributed by atoms with E-state index in [0.29, 0.717) is 35.1 Å². The number of anilines is 1. The van der Waals surface area contributed by atoms with Crippen LogP contribution < -0.4 is 10.1 Å². The van der Waals surface area contributed by atoms with E-state index < -0.39 is 5.82 Å². The van der Waals surface area contributed by atoms with Gasteiger partial charge in [0.05, 0.1) is 17.2 Å². The van der Waals surface area contributed by atoms with Crippen LogP contribution in [0.4, 0.5) is 10.1 Å². The number of halogens is 2. The molecule has 0 spiro atoms. The van der Waals surface area contributed by atoms with Crippen molar-refractivity contribution in [2.45, 2.75) is 20.1 Å².